The van der Waals surface area contributed by atoms with Crippen molar-refractivity contribution in [3.63, 3.8) is 0 Å². The highest BCUT2D eigenvalue weighted by molar-refractivity contribution is 7.14. The summed E-state index contributed by atoms with van der Waals surface area (Å²) in [6.07, 6.45) is 0.100. The van der Waals surface area contributed by atoms with Crippen LogP contribution in [0.25, 0.3) is 0 Å². The SMILES string of the molecule is CCc1ccc(C(=O)C(C)OC(=O)CCC(=O)c2ccc(C)s2)cc1. The van der Waals surface area contributed by atoms with Gasteiger partial charge in [0.1, 0.15) is 0 Å². The molecule has 0 saturated heterocycles. The average molecular weight is 358 g/mol. The number of Topliss-reactive ketones (excluding diaryl/α,β-unsaturated/α-hetero) is 2. The second kappa shape index (κ2) is 8.72. The van der Waals surface area contributed by atoms with Gasteiger partial charge in [-0.3, -0.25) is 14.4 Å². The number of thiophene rings is 1. The van der Waals surface area contributed by atoms with E-state index in [-0.39, 0.29) is 24.4 Å². The Morgan fingerprint density at radius 2 is 1.72 bits per heavy atom. The molecule has 0 aliphatic rings. The lowest BCUT2D eigenvalue weighted by atomic mass is 10.0. The molecular formula is C20H22O4S. The highest BCUT2D eigenvalue weighted by Crippen LogP contribution is 2.18. The maximum atomic E-state index is 12.3. The van der Waals surface area contributed by atoms with Crippen molar-refractivity contribution in [2.24, 2.45) is 0 Å². The van der Waals surface area contributed by atoms with Crippen molar-refractivity contribution in [2.45, 2.75) is 46.1 Å². The van der Waals surface area contributed by atoms with Gasteiger partial charge >= 0.3 is 5.97 Å². The van der Waals surface area contributed by atoms with E-state index < -0.39 is 12.1 Å². The zero-order valence-corrected chi connectivity index (χ0v) is 15.5. The van der Waals surface area contributed by atoms with Crippen molar-refractivity contribution in [1.29, 1.82) is 0 Å². The van der Waals surface area contributed by atoms with Crippen molar-refractivity contribution in [1.82, 2.24) is 0 Å². The van der Waals surface area contributed by atoms with Crippen molar-refractivity contribution >= 4 is 28.9 Å². The predicted octanol–water partition coefficient (Wildman–Crippen LogP) is 4.40. The highest BCUT2D eigenvalue weighted by Gasteiger charge is 2.20. The smallest absolute Gasteiger partial charge is 0.306 e. The summed E-state index contributed by atoms with van der Waals surface area (Å²) in [5.74, 6) is -0.854. The molecule has 0 amide bonds. The van der Waals surface area contributed by atoms with Gasteiger partial charge < -0.3 is 4.74 Å². The van der Waals surface area contributed by atoms with E-state index in [9.17, 15) is 14.4 Å². The minimum Gasteiger partial charge on any atom is -0.454 e. The Hall–Kier alpha value is -2.27. The normalized spacial score (nSPS) is 11.8. The molecule has 0 fully saturated rings. The first-order chi connectivity index (χ1) is 11.9. The summed E-state index contributed by atoms with van der Waals surface area (Å²) in [5, 5.41) is 0. The fraction of sp³-hybridized carbons (Fsp3) is 0.350. The van der Waals surface area contributed by atoms with E-state index in [1.807, 2.05) is 32.0 Å². The van der Waals surface area contributed by atoms with Crippen LogP contribution >= 0.6 is 11.3 Å². The van der Waals surface area contributed by atoms with E-state index >= 15 is 0 Å². The van der Waals surface area contributed by atoms with Gasteiger partial charge in [0.2, 0.25) is 5.78 Å². The molecule has 0 spiro atoms. The molecule has 4 nitrogen and oxygen atoms in total. The summed E-state index contributed by atoms with van der Waals surface area (Å²) in [7, 11) is 0. The molecule has 2 aromatic rings. The summed E-state index contributed by atoms with van der Waals surface area (Å²) < 4.78 is 5.18. The van der Waals surface area contributed by atoms with Crippen molar-refractivity contribution < 1.29 is 19.1 Å². The van der Waals surface area contributed by atoms with Gasteiger partial charge in [-0.2, -0.15) is 0 Å². The molecule has 1 aromatic carbocycles. The van der Waals surface area contributed by atoms with Gasteiger partial charge in [-0.1, -0.05) is 31.2 Å². The zero-order valence-electron chi connectivity index (χ0n) is 14.7. The van der Waals surface area contributed by atoms with Crippen LogP contribution < -0.4 is 0 Å². The van der Waals surface area contributed by atoms with Crippen LogP contribution in [0.2, 0.25) is 0 Å². The molecule has 1 atom stereocenters. The molecule has 1 heterocycles. The van der Waals surface area contributed by atoms with Crippen LogP contribution in [-0.4, -0.2) is 23.6 Å². The molecular weight excluding hydrogens is 336 g/mol. The molecule has 132 valence electrons. The van der Waals surface area contributed by atoms with Crippen LogP contribution in [0.15, 0.2) is 36.4 Å². The van der Waals surface area contributed by atoms with Crippen molar-refractivity contribution in [3.8, 4) is 0 Å². The van der Waals surface area contributed by atoms with Crippen LogP contribution in [0.4, 0.5) is 0 Å². The lowest BCUT2D eigenvalue weighted by Crippen LogP contribution is -2.24. The van der Waals surface area contributed by atoms with Crippen molar-refractivity contribution in [2.75, 3.05) is 0 Å². The third-order valence-electron chi connectivity index (χ3n) is 3.90. The number of rotatable bonds is 8. The van der Waals surface area contributed by atoms with Crippen LogP contribution in [-0.2, 0) is 16.0 Å². The van der Waals surface area contributed by atoms with Crippen LogP contribution in [0, 0.1) is 6.92 Å². The Balaban J connectivity index is 1.84. The molecule has 0 saturated carbocycles. The van der Waals surface area contributed by atoms with Crippen LogP contribution in [0.5, 0.6) is 0 Å². The van der Waals surface area contributed by atoms with E-state index in [1.165, 1.54) is 11.3 Å². The average Bonchev–Trinajstić information content (AvgIpc) is 3.05. The fourth-order valence-electron chi connectivity index (χ4n) is 2.37. The highest BCUT2D eigenvalue weighted by atomic mass is 32.1. The van der Waals surface area contributed by atoms with Gasteiger partial charge in [0, 0.05) is 16.9 Å². The van der Waals surface area contributed by atoms with E-state index in [2.05, 4.69) is 0 Å². The van der Waals surface area contributed by atoms with E-state index in [4.69, 9.17) is 4.74 Å². The minimum atomic E-state index is -0.862. The van der Waals surface area contributed by atoms with E-state index in [1.54, 1.807) is 25.1 Å². The number of hydrogen-bond acceptors (Lipinski definition) is 5. The molecule has 0 bridgehead atoms. The lowest BCUT2D eigenvalue weighted by Gasteiger charge is -2.12. The number of ether oxygens (including phenoxy) is 1. The van der Waals surface area contributed by atoms with Gasteiger partial charge in [-0.05, 0) is 38.0 Å². The molecule has 25 heavy (non-hydrogen) atoms. The number of esters is 1. The van der Waals surface area contributed by atoms with Gasteiger partial charge in [-0.25, -0.2) is 0 Å². The minimum absolute atomic E-state index is 0.0256. The molecule has 0 N–H and O–H groups in total. The second-order valence-electron chi connectivity index (χ2n) is 5.88. The first-order valence-corrected chi connectivity index (χ1v) is 9.14. The quantitative estimate of drug-likeness (QED) is 0.518. The van der Waals surface area contributed by atoms with Gasteiger partial charge in [0.25, 0.3) is 0 Å². The Bertz CT molecular complexity index is 758. The van der Waals surface area contributed by atoms with E-state index in [0.29, 0.717) is 10.4 Å². The summed E-state index contributed by atoms with van der Waals surface area (Å²) in [5.41, 5.74) is 1.66. The monoisotopic (exact) mass is 358 g/mol. The van der Waals surface area contributed by atoms with Crippen LogP contribution in [0.1, 0.15) is 57.2 Å². The summed E-state index contributed by atoms with van der Waals surface area (Å²) >= 11 is 1.41. The first-order valence-electron chi connectivity index (χ1n) is 8.33. The molecule has 5 heteroatoms. The number of aryl methyl sites for hydroxylation is 2. The lowest BCUT2D eigenvalue weighted by molar-refractivity contribution is -0.146. The third kappa shape index (κ3) is 5.36. The number of ketones is 2. The Morgan fingerprint density at radius 1 is 1.04 bits per heavy atom. The molecule has 0 aliphatic carbocycles. The number of carbonyl (C=O) groups excluding carboxylic acids is 3. The molecule has 1 aromatic heterocycles. The number of carbonyl (C=O) groups is 3. The molecule has 0 aliphatic heterocycles. The Kier molecular flexibility index (Phi) is 6.65. The molecule has 1 unspecified atom stereocenters. The third-order valence-corrected chi connectivity index (χ3v) is 4.94. The Labute approximate surface area is 151 Å². The number of hydrogen-bond donors (Lipinski definition) is 0. The van der Waals surface area contributed by atoms with E-state index in [0.717, 1.165) is 16.9 Å². The maximum Gasteiger partial charge on any atom is 0.306 e. The first kappa shape index (κ1) is 19.1. The van der Waals surface area contributed by atoms with Gasteiger partial charge in [0.15, 0.2) is 11.9 Å². The zero-order chi connectivity index (χ0) is 18.4. The summed E-state index contributed by atoms with van der Waals surface area (Å²) in [4.78, 5) is 37.9. The fourth-order valence-corrected chi connectivity index (χ4v) is 3.21. The van der Waals surface area contributed by atoms with Gasteiger partial charge in [0.05, 0.1) is 11.3 Å². The Morgan fingerprint density at radius 3 is 2.28 bits per heavy atom. The van der Waals surface area contributed by atoms with Crippen molar-refractivity contribution in [3.05, 3.63) is 57.3 Å². The number of benzene rings is 1. The second-order valence-corrected chi connectivity index (χ2v) is 7.17. The summed E-state index contributed by atoms with van der Waals surface area (Å²) in [6.45, 7) is 5.52. The maximum absolute atomic E-state index is 12.3. The topological polar surface area (TPSA) is 60.4 Å². The standard InChI is InChI=1S/C20H22O4S/c1-4-15-6-8-16(9-7-15)20(23)14(3)24-19(22)12-10-17(21)18-11-5-13(2)25-18/h5-9,11,14H,4,10,12H2,1-3H3. The summed E-state index contributed by atoms with van der Waals surface area (Å²) in [6, 6.07) is 10.9. The molecule has 0 radical (unpaired) electrons. The van der Waals surface area contributed by atoms with Crippen LogP contribution in [0.3, 0.4) is 0 Å². The van der Waals surface area contributed by atoms with Gasteiger partial charge in [-0.15, -0.1) is 11.3 Å². The largest absolute Gasteiger partial charge is 0.454 e. The predicted molar refractivity (Wildman–Crippen MR) is 98.3 cm³/mol. The molecule has 2 rings (SSSR count).